The van der Waals surface area contributed by atoms with Gasteiger partial charge >= 0.3 is 0 Å². The molecule has 1 heterocycles. The lowest BCUT2D eigenvalue weighted by Crippen LogP contribution is -2.28. The van der Waals surface area contributed by atoms with Crippen molar-refractivity contribution in [1.82, 2.24) is 4.90 Å². The van der Waals surface area contributed by atoms with Crippen molar-refractivity contribution in [3.8, 4) is 0 Å². The average molecular weight is 240 g/mol. The lowest BCUT2D eigenvalue weighted by molar-refractivity contribution is 0.0794. The topological polar surface area (TPSA) is 46.3 Å². The van der Waals surface area contributed by atoms with Crippen molar-refractivity contribution in [3.63, 3.8) is 0 Å². The second-order valence-electron chi connectivity index (χ2n) is 4.75. The van der Waals surface area contributed by atoms with Gasteiger partial charge in [0.1, 0.15) is 0 Å². The van der Waals surface area contributed by atoms with Gasteiger partial charge in [0.25, 0.3) is 5.91 Å². The highest BCUT2D eigenvalue weighted by atomic mass is 16.2. The fraction of sp³-hybridized carbons (Fsp3) is 0.267. The van der Waals surface area contributed by atoms with Crippen molar-refractivity contribution in [1.29, 1.82) is 0 Å². The predicted molar refractivity (Wildman–Crippen MR) is 73.5 cm³/mol. The third-order valence-corrected chi connectivity index (χ3v) is 3.59. The molecule has 0 bridgehead atoms. The van der Waals surface area contributed by atoms with E-state index in [4.69, 9.17) is 5.73 Å². The van der Waals surface area contributed by atoms with Gasteiger partial charge < -0.3 is 10.6 Å². The molecule has 1 fully saturated rings. The molecule has 2 N–H and O–H groups in total. The summed E-state index contributed by atoms with van der Waals surface area (Å²) in [5.74, 6) is 0.0655. The number of nitrogens with two attached hydrogens (primary N) is 1. The van der Waals surface area contributed by atoms with Gasteiger partial charge in [-0.25, -0.2) is 0 Å². The monoisotopic (exact) mass is 240 g/mol. The maximum Gasteiger partial charge on any atom is 0.255 e. The lowest BCUT2D eigenvalue weighted by atomic mass is 10.0. The number of carbonyl (C=O) groups excluding carboxylic acids is 1. The van der Waals surface area contributed by atoms with Crippen LogP contribution in [0.25, 0.3) is 10.8 Å². The number of carbonyl (C=O) groups is 1. The number of nitrogen functional groups attached to an aromatic ring is 1. The Morgan fingerprint density at radius 3 is 2.56 bits per heavy atom. The van der Waals surface area contributed by atoms with Crippen molar-refractivity contribution >= 4 is 22.4 Å². The summed E-state index contributed by atoms with van der Waals surface area (Å²) in [6.07, 6.45) is 2.19. The van der Waals surface area contributed by atoms with Crippen molar-refractivity contribution in [3.05, 3.63) is 42.0 Å². The van der Waals surface area contributed by atoms with Crippen LogP contribution in [0.1, 0.15) is 23.2 Å². The molecule has 0 unspecified atom stereocenters. The molecule has 1 aliphatic rings. The quantitative estimate of drug-likeness (QED) is 0.779. The van der Waals surface area contributed by atoms with Crippen LogP contribution < -0.4 is 5.73 Å². The second kappa shape index (κ2) is 4.33. The number of anilines is 1. The van der Waals surface area contributed by atoms with Gasteiger partial charge in [-0.15, -0.1) is 0 Å². The van der Waals surface area contributed by atoms with Crippen LogP contribution in [0.4, 0.5) is 5.69 Å². The summed E-state index contributed by atoms with van der Waals surface area (Å²) in [6, 6.07) is 11.7. The Bertz CT molecular complexity index is 600. The van der Waals surface area contributed by atoms with Crippen molar-refractivity contribution in [2.24, 2.45) is 0 Å². The number of hydrogen-bond acceptors (Lipinski definition) is 2. The molecule has 92 valence electrons. The number of fused-ring (bicyclic) bond motifs is 1. The summed E-state index contributed by atoms with van der Waals surface area (Å²) in [5, 5.41) is 2.04. The second-order valence-corrected chi connectivity index (χ2v) is 4.75. The van der Waals surface area contributed by atoms with E-state index in [2.05, 4.69) is 0 Å². The minimum absolute atomic E-state index is 0.0655. The fourth-order valence-corrected chi connectivity index (χ4v) is 2.57. The fourth-order valence-electron chi connectivity index (χ4n) is 2.57. The Balaban J connectivity index is 2.06. The molecule has 2 aromatic rings. The van der Waals surface area contributed by atoms with E-state index in [9.17, 15) is 4.79 Å². The number of rotatable bonds is 1. The predicted octanol–water partition coefficient (Wildman–Crippen LogP) is 2.66. The van der Waals surface area contributed by atoms with Crippen molar-refractivity contribution < 1.29 is 4.79 Å². The first-order chi connectivity index (χ1) is 8.77. The van der Waals surface area contributed by atoms with Crippen molar-refractivity contribution in [2.45, 2.75) is 12.8 Å². The summed E-state index contributed by atoms with van der Waals surface area (Å²) < 4.78 is 0. The Labute approximate surface area is 106 Å². The molecule has 0 atom stereocenters. The van der Waals surface area contributed by atoms with E-state index < -0.39 is 0 Å². The maximum absolute atomic E-state index is 12.4. The van der Waals surface area contributed by atoms with Gasteiger partial charge in [0.05, 0.1) is 11.3 Å². The molecule has 0 aliphatic carbocycles. The summed E-state index contributed by atoms with van der Waals surface area (Å²) in [7, 11) is 0. The molecule has 3 nitrogen and oxygen atoms in total. The van der Waals surface area contributed by atoms with E-state index in [-0.39, 0.29) is 5.91 Å². The van der Waals surface area contributed by atoms with Crippen LogP contribution in [0.3, 0.4) is 0 Å². The molecular weight excluding hydrogens is 224 g/mol. The minimum atomic E-state index is 0.0655. The Kier molecular flexibility index (Phi) is 2.67. The van der Waals surface area contributed by atoms with Gasteiger partial charge in [-0.1, -0.05) is 30.3 Å². The van der Waals surface area contributed by atoms with Crippen LogP contribution in [0, 0.1) is 0 Å². The molecule has 1 saturated heterocycles. The van der Waals surface area contributed by atoms with Crippen LogP contribution in [0.2, 0.25) is 0 Å². The van der Waals surface area contributed by atoms with Crippen molar-refractivity contribution in [2.75, 3.05) is 18.8 Å². The van der Waals surface area contributed by atoms with Gasteiger partial charge in [-0.2, -0.15) is 0 Å². The highest BCUT2D eigenvalue weighted by molar-refractivity contribution is 6.07. The first-order valence-electron chi connectivity index (χ1n) is 6.34. The Hall–Kier alpha value is -2.03. The lowest BCUT2D eigenvalue weighted by Gasteiger charge is -2.17. The molecule has 3 rings (SSSR count). The molecular formula is C15H16N2O. The minimum Gasteiger partial charge on any atom is -0.398 e. The van der Waals surface area contributed by atoms with Gasteiger partial charge in [-0.3, -0.25) is 4.79 Å². The SMILES string of the molecule is Nc1c(C(=O)N2CCCC2)ccc2ccccc12. The van der Waals surface area contributed by atoms with E-state index in [0.717, 1.165) is 36.7 Å². The van der Waals surface area contributed by atoms with Crippen LogP contribution in [-0.2, 0) is 0 Å². The molecule has 18 heavy (non-hydrogen) atoms. The zero-order valence-corrected chi connectivity index (χ0v) is 10.2. The zero-order chi connectivity index (χ0) is 12.5. The first-order valence-corrected chi connectivity index (χ1v) is 6.34. The number of hydrogen-bond donors (Lipinski definition) is 1. The Morgan fingerprint density at radius 2 is 1.78 bits per heavy atom. The molecule has 3 heteroatoms. The number of amides is 1. The molecule has 0 aromatic heterocycles. The first kappa shape index (κ1) is 11.1. The highest BCUT2D eigenvalue weighted by Gasteiger charge is 2.21. The van der Waals surface area contributed by atoms with E-state index in [1.54, 1.807) is 0 Å². The molecule has 0 radical (unpaired) electrons. The van der Waals surface area contributed by atoms with Gasteiger partial charge in [0.15, 0.2) is 0 Å². The third kappa shape index (κ3) is 1.72. The third-order valence-electron chi connectivity index (χ3n) is 3.59. The standard InChI is InChI=1S/C15H16N2O/c16-14-12-6-2-1-5-11(12)7-8-13(14)15(18)17-9-3-4-10-17/h1-2,5-8H,3-4,9-10,16H2. The van der Waals surface area contributed by atoms with Crippen LogP contribution >= 0.6 is 0 Å². The average Bonchev–Trinajstić information content (AvgIpc) is 2.93. The molecule has 1 amide bonds. The number of nitrogens with zero attached hydrogens (tertiary/aromatic N) is 1. The van der Waals surface area contributed by atoms with Gasteiger partial charge in [0, 0.05) is 18.5 Å². The van der Waals surface area contributed by atoms with Gasteiger partial charge in [0.2, 0.25) is 0 Å². The summed E-state index contributed by atoms with van der Waals surface area (Å²) in [5.41, 5.74) is 7.38. The normalized spacial score (nSPS) is 15.2. The Morgan fingerprint density at radius 1 is 1.06 bits per heavy atom. The van der Waals surface area contributed by atoms with E-state index in [1.807, 2.05) is 41.3 Å². The largest absolute Gasteiger partial charge is 0.398 e. The van der Waals surface area contributed by atoms with Crippen LogP contribution in [0.5, 0.6) is 0 Å². The summed E-state index contributed by atoms with van der Waals surface area (Å²) >= 11 is 0. The maximum atomic E-state index is 12.4. The summed E-state index contributed by atoms with van der Waals surface area (Å²) in [4.78, 5) is 14.2. The molecule has 1 aliphatic heterocycles. The number of benzene rings is 2. The van der Waals surface area contributed by atoms with Gasteiger partial charge in [-0.05, 0) is 24.3 Å². The van der Waals surface area contributed by atoms with Crippen LogP contribution in [-0.4, -0.2) is 23.9 Å². The van der Waals surface area contributed by atoms with E-state index in [0.29, 0.717) is 11.3 Å². The summed E-state index contributed by atoms with van der Waals surface area (Å²) in [6.45, 7) is 1.70. The van der Waals surface area contributed by atoms with Crippen LogP contribution in [0.15, 0.2) is 36.4 Å². The van der Waals surface area contributed by atoms with E-state index >= 15 is 0 Å². The molecule has 0 saturated carbocycles. The van der Waals surface area contributed by atoms with E-state index in [1.165, 1.54) is 0 Å². The molecule has 2 aromatic carbocycles. The smallest absolute Gasteiger partial charge is 0.255 e. The number of likely N-dealkylation sites (tertiary alicyclic amines) is 1. The molecule has 0 spiro atoms. The highest BCUT2D eigenvalue weighted by Crippen LogP contribution is 2.26. The zero-order valence-electron chi connectivity index (χ0n) is 10.2.